The smallest absolute Gasteiger partial charge is 0.315 e. The number of carbonyl (C=O) groups excluding carboxylic acids is 2. The third-order valence-electron chi connectivity index (χ3n) is 2.32. The van der Waals surface area contributed by atoms with Crippen LogP contribution in [0.5, 0.6) is 0 Å². The lowest BCUT2D eigenvalue weighted by Crippen LogP contribution is -2.24. The molecular weight excluding hydrogens is 240 g/mol. The highest BCUT2D eigenvalue weighted by Crippen LogP contribution is 2.14. The van der Waals surface area contributed by atoms with Crippen molar-refractivity contribution in [2.24, 2.45) is 5.41 Å². The van der Waals surface area contributed by atoms with Crippen LogP contribution in [0.15, 0.2) is 36.5 Å². The molecule has 0 saturated heterocycles. The number of anilines is 1. The van der Waals surface area contributed by atoms with Gasteiger partial charge in [0.1, 0.15) is 0 Å². The summed E-state index contributed by atoms with van der Waals surface area (Å²) < 4.78 is 0. The number of hydrogen-bond acceptors (Lipinski definition) is 2. The number of Topliss-reactive ketones (excluding diaryl/α,β-unsaturated/α-hetero) is 1. The van der Waals surface area contributed by atoms with E-state index in [1.165, 1.54) is 6.92 Å². The normalized spacial score (nSPS) is 11.4. The molecule has 19 heavy (non-hydrogen) atoms. The number of benzene rings is 1. The summed E-state index contributed by atoms with van der Waals surface area (Å²) in [6.07, 6.45) is 3.52. The molecule has 0 radical (unpaired) electrons. The Bertz CT molecular complexity index is 499. The zero-order valence-electron chi connectivity index (χ0n) is 11.8. The summed E-state index contributed by atoms with van der Waals surface area (Å²) in [4.78, 5) is 22.8. The van der Waals surface area contributed by atoms with Crippen LogP contribution < -0.4 is 10.6 Å². The maximum atomic E-state index is 11.6. The Labute approximate surface area is 113 Å². The Kier molecular flexibility index (Phi) is 4.87. The lowest BCUT2D eigenvalue weighted by atomic mass is 9.97. The Balaban J connectivity index is 2.60. The predicted octanol–water partition coefficient (Wildman–Crippen LogP) is 3.57. The Morgan fingerprint density at radius 1 is 1.21 bits per heavy atom. The lowest BCUT2D eigenvalue weighted by molar-refractivity contribution is 0.101. The molecule has 0 aliphatic carbocycles. The van der Waals surface area contributed by atoms with Crippen LogP contribution in [0.1, 0.15) is 38.1 Å². The molecule has 2 amide bonds. The molecule has 4 heteroatoms. The lowest BCUT2D eigenvalue weighted by Gasteiger charge is -2.11. The SMILES string of the molecule is CC(=O)c1cccc(NC(=O)N/C=C/C(C)(C)C)c1. The van der Waals surface area contributed by atoms with Gasteiger partial charge in [-0.3, -0.25) is 4.79 Å². The van der Waals surface area contributed by atoms with Gasteiger partial charge < -0.3 is 10.6 Å². The highest BCUT2D eigenvalue weighted by Gasteiger charge is 2.05. The number of urea groups is 1. The average Bonchev–Trinajstić information content (AvgIpc) is 2.27. The molecular formula is C15H20N2O2. The van der Waals surface area contributed by atoms with Crippen molar-refractivity contribution in [2.75, 3.05) is 5.32 Å². The molecule has 1 rings (SSSR count). The first kappa shape index (κ1) is 15.0. The largest absolute Gasteiger partial charge is 0.323 e. The van der Waals surface area contributed by atoms with Crippen molar-refractivity contribution in [3.05, 3.63) is 42.1 Å². The number of rotatable bonds is 3. The summed E-state index contributed by atoms with van der Waals surface area (Å²) >= 11 is 0. The van der Waals surface area contributed by atoms with Crippen LogP contribution >= 0.6 is 0 Å². The molecule has 0 unspecified atom stereocenters. The van der Waals surface area contributed by atoms with E-state index in [0.717, 1.165) is 0 Å². The average molecular weight is 260 g/mol. The molecule has 0 aromatic heterocycles. The minimum absolute atomic E-state index is 0.0157. The van der Waals surface area contributed by atoms with Gasteiger partial charge >= 0.3 is 6.03 Å². The van der Waals surface area contributed by atoms with E-state index in [2.05, 4.69) is 10.6 Å². The minimum atomic E-state index is -0.332. The summed E-state index contributed by atoms with van der Waals surface area (Å²) in [6, 6.07) is 6.50. The van der Waals surface area contributed by atoms with Gasteiger partial charge in [-0.25, -0.2) is 4.79 Å². The molecule has 0 heterocycles. The summed E-state index contributed by atoms with van der Waals surface area (Å²) in [5.41, 5.74) is 1.18. The third-order valence-corrected chi connectivity index (χ3v) is 2.32. The van der Waals surface area contributed by atoms with Gasteiger partial charge in [-0.05, 0) is 24.5 Å². The van der Waals surface area contributed by atoms with Gasteiger partial charge in [-0.2, -0.15) is 0 Å². The van der Waals surface area contributed by atoms with Crippen LogP contribution in [-0.4, -0.2) is 11.8 Å². The Morgan fingerprint density at radius 2 is 1.89 bits per heavy atom. The van der Waals surface area contributed by atoms with Gasteiger partial charge in [0.25, 0.3) is 0 Å². The van der Waals surface area contributed by atoms with Gasteiger partial charge in [0.15, 0.2) is 5.78 Å². The first-order chi connectivity index (χ1) is 8.78. The quantitative estimate of drug-likeness (QED) is 0.816. The second-order valence-electron chi connectivity index (χ2n) is 5.43. The summed E-state index contributed by atoms with van der Waals surface area (Å²) in [7, 11) is 0. The molecule has 2 N–H and O–H groups in total. The fourth-order valence-electron chi connectivity index (χ4n) is 1.35. The van der Waals surface area contributed by atoms with Crippen molar-refractivity contribution in [2.45, 2.75) is 27.7 Å². The van der Waals surface area contributed by atoms with Crippen molar-refractivity contribution in [3.63, 3.8) is 0 Å². The number of allylic oxidation sites excluding steroid dienone is 1. The topological polar surface area (TPSA) is 58.2 Å². The van der Waals surface area contributed by atoms with Crippen LogP contribution in [0.2, 0.25) is 0 Å². The zero-order chi connectivity index (χ0) is 14.5. The van der Waals surface area contributed by atoms with E-state index < -0.39 is 0 Å². The van der Waals surface area contributed by atoms with Crippen LogP contribution in [0.25, 0.3) is 0 Å². The summed E-state index contributed by atoms with van der Waals surface area (Å²) in [6.45, 7) is 7.61. The van der Waals surface area contributed by atoms with Gasteiger partial charge in [-0.1, -0.05) is 39.0 Å². The highest BCUT2D eigenvalue weighted by molar-refractivity contribution is 5.96. The summed E-state index contributed by atoms with van der Waals surface area (Å²) in [5.74, 6) is -0.0308. The second-order valence-corrected chi connectivity index (χ2v) is 5.43. The molecule has 0 spiro atoms. The maximum Gasteiger partial charge on any atom is 0.323 e. The second kappa shape index (κ2) is 6.18. The highest BCUT2D eigenvalue weighted by atomic mass is 16.2. The van der Waals surface area contributed by atoms with E-state index in [4.69, 9.17) is 0 Å². The van der Waals surface area contributed by atoms with E-state index in [9.17, 15) is 9.59 Å². The molecule has 0 saturated carbocycles. The van der Waals surface area contributed by atoms with Gasteiger partial charge in [0, 0.05) is 17.5 Å². The molecule has 1 aromatic rings. The fourth-order valence-corrected chi connectivity index (χ4v) is 1.35. The van der Waals surface area contributed by atoms with E-state index in [1.54, 1.807) is 30.5 Å². The zero-order valence-corrected chi connectivity index (χ0v) is 11.8. The van der Waals surface area contributed by atoms with Crippen LogP contribution in [-0.2, 0) is 0 Å². The van der Waals surface area contributed by atoms with E-state index >= 15 is 0 Å². The Morgan fingerprint density at radius 3 is 2.47 bits per heavy atom. The molecule has 0 aliphatic heterocycles. The number of ketones is 1. The first-order valence-electron chi connectivity index (χ1n) is 6.14. The monoisotopic (exact) mass is 260 g/mol. The van der Waals surface area contributed by atoms with Crippen molar-refractivity contribution >= 4 is 17.5 Å². The third kappa shape index (κ3) is 5.86. The number of hydrogen-bond donors (Lipinski definition) is 2. The van der Waals surface area contributed by atoms with Crippen molar-refractivity contribution in [1.29, 1.82) is 0 Å². The van der Waals surface area contributed by atoms with Gasteiger partial charge in [0.05, 0.1) is 0 Å². The summed E-state index contributed by atoms with van der Waals surface area (Å²) in [5, 5.41) is 5.29. The van der Waals surface area contributed by atoms with Crippen molar-refractivity contribution in [3.8, 4) is 0 Å². The van der Waals surface area contributed by atoms with Crippen molar-refractivity contribution in [1.82, 2.24) is 5.32 Å². The first-order valence-corrected chi connectivity index (χ1v) is 6.14. The minimum Gasteiger partial charge on any atom is -0.315 e. The maximum absolute atomic E-state index is 11.6. The van der Waals surface area contributed by atoms with E-state index in [-0.39, 0.29) is 17.2 Å². The molecule has 0 aliphatic rings. The molecule has 0 atom stereocenters. The van der Waals surface area contributed by atoms with Gasteiger partial charge in [0.2, 0.25) is 0 Å². The fraction of sp³-hybridized carbons (Fsp3) is 0.333. The molecule has 1 aromatic carbocycles. The van der Waals surface area contributed by atoms with Crippen LogP contribution in [0, 0.1) is 5.41 Å². The number of nitrogens with one attached hydrogen (secondary N) is 2. The van der Waals surface area contributed by atoms with E-state index in [0.29, 0.717) is 11.3 Å². The predicted molar refractivity (Wildman–Crippen MR) is 77.2 cm³/mol. The Hall–Kier alpha value is -2.10. The van der Waals surface area contributed by atoms with Crippen LogP contribution in [0.3, 0.4) is 0 Å². The van der Waals surface area contributed by atoms with Crippen molar-refractivity contribution < 1.29 is 9.59 Å². The number of carbonyl (C=O) groups is 2. The molecule has 0 fully saturated rings. The molecule has 0 bridgehead atoms. The van der Waals surface area contributed by atoms with Crippen LogP contribution in [0.4, 0.5) is 10.5 Å². The number of amides is 2. The van der Waals surface area contributed by atoms with E-state index in [1.807, 2.05) is 26.8 Å². The standard InChI is InChI=1S/C15H20N2O2/c1-11(18)12-6-5-7-13(10-12)17-14(19)16-9-8-15(2,3)4/h5-10H,1-4H3,(H2,16,17,19)/b9-8+. The molecule has 102 valence electrons. The molecule has 4 nitrogen and oxygen atoms in total. The van der Waals surface area contributed by atoms with Gasteiger partial charge in [-0.15, -0.1) is 0 Å².